The van der Waals surface area contributed by atoms with E-state index in [1.165, 1.54) is 0 Å². The normalized spacial score (nSPS) is 10.7. The Hall–Kier alpha value is -4.68. The first-order valence-corrected chi connectivity index (χ1v) is 11.8. The molecule has 0 unspecified atom stereocenters. The van der Waals surface area contributed by atoms with Gasteiger partial charge in [0.2, 0.25) is 5.43 Å². The molecular formula is C30H20ClNO5. The van der Waals surface area contributed by atoms with Gasteiger partial charge >= 0.3 is 0 Å². The topological polar surface area (TPSA) is 81.7 Å². The Bertz CT molecular complexity index is 1640. The molecule has 0 heterocycles. The number of rotatable bonds is 8. The van der Waals surface area contributed by atoms with Crippen molar-refractivity contribution in [1.29, 1.82) is 0 Å². The van der Waals surface area contributed by atoms with E-state index in [2.05, 4.69) is 5.32 Å². The summed E-state index contributed by atoms with van der Waals surface area (Å²) in [4.78, 5) is 38.4. The highest BCUT2D eigenvalue weighted by Gasteiger charge is 2.27. The second-order valence-electron chi connectivity index (χ2n) is 8.19. The molecule has 0 aromatic heterocycles. The first-order chi connectivity index (χ1) is 18.0. The predicted octanol–water partition coefficient (Wildman–Crippen LogP) is 6.23. The number of benzene rings is 4. The minimum atomic E-state index is -0.786. The Labute approximate surface area is 217 Å². The average Bonchev–Trinajstić information content (AvgIpc) is 2.93. The van der Waals surface area contributed by atoms with E-state index in [1.807, 2.05) is 36.4 Å². The van der Waals surface area contributed by atoms with E-state index in [9.17, 15) is 14.4 Å². The van der Waals surface area contributed by atoms with Crippen molar-refractivity contribution in [2.24, 2.45) is 0 Å². The zero-order valence-corrected chi connectivity index (χ0v) is 20.2. The van der Waals surface area contributed by atoms with Crippen LogP contribution in [0.5, 0.6) is 17.2 Å². The lowest BCUT2D eigenvalue weighted by Crippen LogP contribution is -2.37. The number of nitrogens with one attached hydrogen (secondary N) is 1. The number of hydrogen-bond donors (Lipinski definition) is 1. The van der Waals surface area contributed by atoms with Gasteiger partial charge in [0.15, 0.2) is 0 Å². The molecule has 1 amide bonds. The average molecular weight is 510 g/mol. The Morgan fingerprint density at radius 3 is 2.19 bits per heavy atom. The number of para-hydroxylation sites is 2. The van der Waals surface area contributed by atoms with Gasteiger partial charge in [0.25, 0.3) is 11.3 Å². The first kappa shape index (κ1) is 24.0. The van der Waals surface area contributed by atoms with Crippen molar-refractivity contribution in [3.8, 4) is 28.4 Å². The van der Waals surface area contributed by atoms with Crippen LogP contribution in [0.15, 0.2) is 113 Å². The molecule has 0 saturated heterocycles. The molecule has 37 heavy (non-hydrogen) atoms. The van der Waals surface area contributed by atoms with Crippen LogP contribution in [-0.4, -0.2) is 5.91 Å². The second kappa shape index (κ2) is 10.5. The molecule has 0 atom stereocenters. The van der Waals surface area contributed by atoms with E-state index < -0.39 is 16.8 Å². The summed E-state index contributed by atoms with van der Waals surface area (Å²) in [7, 11) is 0. The summed E-state index contributed by atoms with van der Waals surface area (Å²) >= 11 is 6.17. The first-order valence-electron chi connectivity index (χ1n) is 11.4. The van der Waals surface area contributed by atoms with Crippen molar-refractivity contribution in [3.05, 3.63) is 140 Å². The van der Waals surface area contributed by atoms with Crippen LogP contribution in [0.3, 0.4) is 0 Å². The second-order valence-corrected chi connectivity index (χ2v) is 8.62. The van der Waals surface area contributed by atoms with Crippen LogP contribution < -0.4 is 25.6 Å². The number of hydrogen-bond acceptors (Lipinski definition) is 5. The molecule has 0 saturated carbocycles. The van der Waals surface area contributed by atoms with Gasteiger partial charge in [-0.2, -0.15) is 0 Å². The molecule has 182 valence electrons. The van der Waals surface area contributed by atoms with Crippen LogP contribution in [0, 0.1) is 0 Å². The molecule has 0 radical (unpaired) electrons. The summed E-state index contributed by atoms with van der Waals surface area (Å²) in [5.74, 6) is 0.591. The van der Waals surface area contributed by atoms with E-state index >= 15 is 0 Å². The molecule has 1 N–H and O–H groups in total. The highest BCUT2D eigenvalue weighted by atomic mass is 35.5. The van der Waals surface area contributed by atoms with Crippen molar-refractivity contribution in [2.75, 3.05) is 5.32 Å². The lowest BCUT2D eigenvalue weighted by molar-refractivity contribution is 0.102. The maximum absolute atomic E-state index is 13.2. The Kier molecular flexibility index (Phi) is 6.83. The fraction of sp³-hybridized carbons (Fsp3) is 0.0333. The van der Waals surface area contributed by atoms with Gasteiger partial charge in [-0.15, -0.1) is 0 Å². The van der Waals surface area contributed by atoms with Crippen LogP contribution in [0.25, 0.3) is 11.1 Å². The Morgan fingerprint density at radius 2 is 1.43 bits per heavy atom. The lowest BCUT2D eigenvalue weighted by Gasteiger charge is -2.17. The summed E-state index contributed by atoms with van der Waals surface area (Å²) in [6.07, 6.45) is 0. The van der Waals surface area contributed by atoms with Crippen LogP contribution in [0.2, 0.25) is 5.02 Å². The summed E-state index contributed by atoms with van der Waals surface area (Å²) in [6, 6.07) is 29.9. The minimum absolute atomic E-state index is 0.0589. The van der Waals surface area contributed by atoms with Crippen molar-refractivity contribution < 1.29 is 14.3 Å². The number of carbonyl (C=O) groups is 1. The molecule has 7 heteroatoms. The standard InChI is InChI=1S/C30H20ClNO5/c31-20-15-16-22(25(17-20)37-21-11-5-2-6-12-21)26-27(29(34)28(26)33)32-30(35)23-13-7-8-14-24(23)36-18-19-9-3-1-4-10-19/h1-17H,18H2,(H,32,35). The molecule has 0 aliphatic carbocycles. The number of carbonyl (C=O) groups excluding carboxylic acids is 1. The smallest absolute Gasteiger partial charge is 0.259 e. The molecule has 0 aliphatic heterocycles. The van der Waals surface area contributed by atoms with Crippen molar-refractivity contribution in [2.45, 2.75) is 6.61 Å². The fourth-order valence-electron chi connectivity index (χ4n) is 3.87. The van der Waals surface area contributed by atoms with Gasteiger partial charge in [0, 0.05) is 16.7 Å². The Morgan fingerprint density at radius 1 is 0.757 bits per heavy atom. The number of anilines is 1. The van der Waals surface area contributed by atoms with Gasteiger partial charge in [0.05, 0.1) is 11.1 Å². The van der Waals surface area contributed by atoms with E-state index in [4.69, 9.17) is 21.1 Å². The number of halogens is 1. The third kappa shape index (κ3) is 5.15. The van der Waals surface area contributed by atoms with E-state index in [0.717, 1.165) is 5.56 Å². The quantitative estimate of drug-likeness (QED) is 0.251. The largest absolute Gasteiger partial charge is 0.488 e. The molecule has 6 nitrogen and oxygen atoms in total. The minimum Gasteiger partial charge on any atom is -0.488 e. The van der Waals surface area contributed by atoms with Gasteiger partial charge in [-0.1, -0.05) is 72.3 Å². The van der Waals surface area contributed by atoms with Gasteiger partial charge in [-0.25, -0.2) is 0 Å². The van der Waals surface area contributed by atoms with Crippen molar-refractivity contribution in [3.63, 3.8) is 0 Å². The molecule has 0 spiro atoms. The lowest BCUT2D eigenvalue weighted by atomic mass is 9.97. The number of amides is 1. The monoisotopic (exact) mass is 509 g/mol. The maximum Gasteiger partial charge on any atom is 0.259 e. The molecule has 5 aromatic rings. The summed E-state index contributed by atoms with van der Waals surface area (Å²) in [5.41, 5.74) is -0.0280. The summed E-state index contributed by atoms with van der Waals surface area (Å²) < 4.78 is 11.8. The SMILES string of the molecule is O=C(Nc1c(-c2ccc(Cl)cc2Oc2ccccc2)c(=O)c1=O)c1ccccc1OCc1ccccc1. The summed E-state index contributed by atoms with van der Waals surface area (Å²) in [5, 5.41) is 3.00. The van der Waals surface area contributed by atoms with Crippen molar-refractivity contribution in [1.82, 2.24) is 0 Å². The van der Waals surface area contributed by atoms with Crippen molar-refractivity contribution >= 4 is 23.2 Å². The third-order valence-corrected chi connectivity index (χ3v) is 5.94. The molecule has 0 bridgehead atoms. The van der Waals surface area contributed by atoms with Gasteiger partial charge in [0.1, 0.15) is 29.5 Å². The highest BCUT2D eigenvalue weighted by molar-refractivity contribution is 6.30. The van der Waals surface area contributed by atoms with Crippen LogP contribution in [0.1, 0.15) is 15.9 Å². The highest BCUT2D eigenvalue weighted by Crippen LogP contribution is 2.37. The molecular weight excluding hydrogens is 490 g/mol. The Balaban J connectivity index is 1.43. The van der Waals surface area contributed by atoms with Gasteiger partial charge in [-0.3, -0.25) is 14.4 Å². The van der Waals surface area contributed by atoms with E-state index in [0.29, 0.717) is 22.1 Å². The van der Waals surface area contributed by atoms with E-state index in [-0.39, 0.29) is 29.2 Å². The zero-order valence-electron chi connectivity index (χ0n) is 19.4. The van der Waals surface area contributed by atoms with E-state index in [1.54, 1.807) is 66.7 Å². The van der Waals surface area contributed by atoms with Gasteiger partial charge in [-0.05, 0) is 42.0 Å². The van der Waals surface area contributed by atoms with Gasteiger partial charge < -0.3 is 14.8 Å². The molecule has 5 rings (SSSR count). The fourth-order valence-corrected chi connectivity index (χ4v) is 4.03. The maximum atomic E-state index is 13.2. The molecule has 0 fully saturated rings. The molecule has 5 aromatic carbocycles. The predicted molar refractivity (Wildman–Crippen MR) is 143 cm³/mol. The van der Waals surface area contributed by atoms with Crippen LogP contribution in [-0.2, 0) is 6.61 Å². The molecule has 0 aliphatic rings. The van der Waals surface area contributed by atoms with Crippen LogP contribution in [0.4, 0.5) is 5.69 Å². The summed E-state index contributed by atoms with van der Waals surface area (Å²) in [6.45, 7) is 0.265. The van der Waals surface area contributed by atoms with Crippen LogP contribution >= 0.6 is 11.6 Å². The zero-order chi connectivity index (χ0) is 25.8. The third-order valence-electron chi connectivity index (χ3n) is 5.70. The number of ether oxygens (including phenoxy) is 2.